The van der Waals surface area contributed by atoms with Gasteiger partial charge in [0.2, 0.25) is 0 Å². The van der Waals surface area contributed by atoms with E-state index in [0.717, 1.165) is 37.7 Å². The Hall–Kier alpha value is 0.0500. The molecule has 0 aromatic rings. The topological polar surface area (TPSA) is 9.23 Å². The van der Waals surface area contributed by atoms with Gasteiger partial charge in [0.25, 0.3) is 0 Å². The first-order valence-electron chi connectivity index (χ1n) is 7.01. The second-order valence-corrected chi connectivity index (χ2v) is 5.88. The molecule has 0 aromatic carbocycles. The maximum Gasteiger partial charge on any atom is 0.0530 e. The molecule has 100 valence electrons. The summed E-state index contributed by atoms with van der Waals surface area (Å²) in [6.45, 7) is 8.62. The van der Waals surface area contributed by atoms with Crippen LogP contribution in [0.3, 0.4) is 0 Å². The summed E-state index contributed by atoms with van der Waals surface area (Å²) in [4.78, 5) is 0. The van der Waals surface area contributed by atoms with Gasteiger partial charge in [-0.1, -0.05) is 32.9 Å². The second kappa shape index (κ2) is 7.48. The van der Waals surface area contributed by atoms with Crippen LogP contribution in [0.15, 0.2) is 12.2 Å². The van der Waals surface area contributed by atoms with Crippen molar-refractivity contribution in [3.63, 3.8) is 0 Å². The highest BCUT2D eigenvalue weighted by Crippen LogP contribution is 2.30. The fourth-order valence-corrected chi connectivity index (χ4v) is 2.93. The Kier molecular flexibility index (Phi) is 6.65. The van der Waals surface area contributed by atoms with Crippen molar-refractivity contribution >= 4 is 12.6 Å². The number of ether oxygens (including phenoxy) is 1. The summed E-state index contributed by atoms with van der Waals surface area (Å²) in [5.41, 5.74) is 0.289. The molecule has 0 aromatic heterocycles. The molecular weight excluding hydrogens is 228 g/mol. The van der Waals surface area contributed by atoms with Crippen molar-refractivity contribution in [2.24, 2.45) is 17.3 Å². The van der Waals surface area contributed by atoms with E-state index in [4.69, 9.17) is 4.74 Å². The third-order valence-corrected chi connectivity index (χ3v) is 5.16. The van der Waals surface area contributed by atoms with Crippen LogP contribution < -0.4 is 0 Å². The van der Waals surface area contributed by atoms with Crippen molar-refractivity contribution in [2.75, 3.05) is 19.0 Å². The molecule has 0 heterocycles. The lowest BCUT2D eigenvalue weighted by Crippen LogP contribution is -2.30. The van der Waals surface area contributed by atoms with Crippen molar-refractivity contribution in [3.8, 4) is 0 Å². The Balaban J connectivity index is 2.33. The first-order chi connectivity index (χ1) is 8.17. The van der Waals surface area contributed by atoms with Crippen LogP contribution in [0.4, 0.5) is 0 Å². The molecule has 1 nitrogen and oxygen atoms in total. The maximum atomic E-state index is 6.00. The second-order valence-electron chi connectivity index (χ2n) is 5.56. The van der Waals surface area contributed by atoms with Crippen LogP contribution >= 0.6 is 12.6 Å². The van der Waals surface area contributed by atoms with Gasteiger partial charge in [0.1, 0.15) is 0 Å². The largest absolute Gasteiger partial charge is 0.381 e. The smallest absolute Gasteiger partial charge is 0.0530 e. The predicted octanol–water partition coefficient (Wildman–Crippen LogP) is 4.34. The minimum Gasteiger partial charge on any atom is -0.381 e. The van der Waals surface area contributed by atoms with Crippen LogP contribution in [-0.4, -0.2) is 19.0 Å². The Labute approximate surface area is 112 Å². The average Bonchev–Trinajstić information content (AvgIpc) is 2.37. The van der Waals surface area contributed by atoms with Gasteiger partial charge in [-0.25, -0.2) is 0 Å². The molecule has 1 aliphatic carbocycles. The number of thiol groups is 1. The molecule has 17 heavy (non-hydrogen) atoms. The molecule has 0 spiro atoms. The van der Waals surface area contributed by atoms with Crippen LogP contribution in [0.5, 0.6) is 0 Å². The lowest BCUT2D eigenvalue weighted by Gasteiger charge is -2.31. The molecule has 2 atom stereocenters. The number of allylic oxidation sites excluding steroid dienone is 2. The highest BCUT2D eigenvalue weighted by molar-refractivity contribution is 7.80. The van der Waals surface area contributed by atoms with Gasteiger partial charge in [-0.3, -0.25) is 0 Å². The molecule has 2 heteroatoms. The zero-order valence-corrected chi connectivity index (χ0v) is 12.5. The first-order valence-corrected chi connectivity index (χ1v) is 7.64. The van der Waals surface area contributed by atoms with E-state index in [1.54, 1.807) is 0 Å². The highest BCUT2D eigenvalue weighted by atomic mass is 32.1. The van der Waals surface area contributed by atoms with E-state index in [0.29, 0.717) is 5.92 Å². The molecule has 0 fully saturated rings. The fraction of sp³-hybridized carbons (Fsp3) is 0.867. The maximum absolute atomic E-state index is 6.00. The van der Waals surface area contributed by atoms with Gasteiger partial charge in [-0.2, -0.15) is 12.6 Å². The number of rotatable bonds is 7. The van der Waals surface area contributed by atoms with Gasteiger partial charge in [0.05, 0.1) is 6.61 Å². The Morgan fingerprint density at radius 3 is 2.41 bits per heavy atom. The van der Waals surface area contributed by atoms with Crippen LogP contribution in [0.2, 0.25) is 0 Å². The lowest BCUT2D eigenvalue weighted by molar-refractivity contribution is 0.0201. The van der Waals surface area contributed by atoms with E-state index in [1.807, 2.05) is 0 Å². The Morgan fingerprint density at radius 1 is 1.24 bits per heavy atom. The molecule has 0 radical (unpaired) electrons. The Bertz CT molecular complexity index is 225. The molecule has 0 N–H and O–H groups in total. The van der Waals surface area contributed by atoms with Gasteiger partial charge >= 0.3 is 0 Å². The molecule has 1 aliphatic rings. The summed E-state index contributed by atoms with van der Waals surface area (Å²) in [7, 11) is 0. The molecule has 0 saturated heterocycles. The summed E-state index contributed by atoms with van der Waals surface area (Å²) in [6.07, 6.45) is 9.33. The zero-order valence-electron chi connectivity index (χ0n) is 11.6. The molecule has 1 rings (SSSR count). The third-order valence-electron chi connectivity index (χ3n) is 4.49. The third kappa shape index (κ3) is 4.33. The van der Waals surface area contributed by atoms with Gasteiger partial charge in [0, 0.05) is 12.0 Å². The van der Waals surface area contributed by atoms with Gasteiger partial charge in [-0.15, -0.1) is 0 Å². The summed E-state index contributed by atoms with van der Waals surface area (Å²) in [6, 6.07) is 0. The quantitative estimate of drug-likeness (QED) is 0.526. The average molecular weight is 256 g/mol. The normalized spacial score (nSPS) is 25.2. The van der Waals surface area contributed by atoms with E-state index in [-0.39, 0.29) is 5.41 Å². The minimum atomic E-state index is 0.289. The van der Waals surface area contributed by atoms with E-state index in [2.05, 4.69) is 45.6 Å². The van der Waals surface area contributed by atoms with Crippen LogP contribution in [0.25, 0.3) is 0 Å². The molecule has 0 saturated carbocycles. The minimum absolute atomic E-state index is 0.289. The van der Waals surface area contributed by atoms with E-state index in [9.17, 15) is 0 Å². The van der Waals surface area contributed by atoms with Crippen molar-refractivity contribution in [1.82, 2.24) is 0 Å². The summed E-state index contributed by atoms with van der Waals surface area (Å²) in [5.74, 6) is 2.42. The van der Waals surface area contributed by atoms with E-state index < -0.39 is 0 Å². The van der Waals surface area contributed by atoms with Crippen LogP contribution in [0.1, 0.15) is 46.5 Å². The van der Waals surface area contributed by atoms with Gasteiger partial charge in [0.15, 0.2) is 0 Å². The van der Waals surface area contributed by atoms with Gasteiger partial charge < -0.3 is 4.74 Å². The van der Waals surface area contributed by atoms with Crippen molar-refractivity contribution in [2.45, 2.75) is 46.5 Å². The Morgan fingerprint density at radius 2 is 1.88 bits per heavy atom. The summed E-state index contributed by atoms with van der Waals surface area (Å²) < 4.78 is 6.00. The van der Waals surface area contributed by atoms with E-state index in [1.165, 1.54) is 12.8 Å². The standard InChI is InChI=1S/C15H28OS/c1-4-15(5-2,12-17)11-16-10-14-9-7-6-8-13(14)3/h6-7,13-14,17H,4-5,8-12H2,1-3H3. The summed E-state index contributed by atoms with van der Waals surface area (Å²) >= 11 is 4.49. The highest BCUT2D eigenvalue weighted by Gasteiger charge is 2.26. The van der Waals surface area contributed by atoms with Crippen molar-refractivity contribution < 1.29 is 4.74 Å². The molecular formula is C15H28OS. The fourth-order valence-electron chi connectivity index (χ4n) is 2.39. The van der Waals surface area contributed by atoms with Crippen molar-refractivity contribution in [3.05, 3.63) is 12.2 Å². The molecule has 2 unspecified atom stereocenters. The van der Waals surface area contributed by atoms with Crippen LogP contribution in [0, 0.1) is 17.3 Å². The molecule has 0 aliphatic heterocycles. The SMILES string of the molecule is CCC(CC)(CS)COCC1CC=CCC1C. The van der Waals surface area contributed by atoms with Gasteiger partial charge in [-0.05, 0) is 43.3 Å². The van der Waals surface area contributed by atoms with Crippen LogP contribution in [-0.2, 0) is 4.74 Å². The monoisotopic (exact) mass is 256 g/mol. The zero-order chi connectivity index (χ0) is 12.7. The summed E-state index contributed by atoms with van der Waals surface area (Å²) in [5, 5.41) is 0. The first kappa shape index (κ1) is 15.1. The van der Waals surface area contributed by atoms with Crippen molar-refractivity contribution in [1.29, 1.82) is 0 Å². The number of hydrogen-bond donors (Lipinski definition) is 1. The predicted molar refractivity (Wildman–Crippen MR) is 78.7 cm³/mol. The molecule has 0 bridgehead atoms. The number of hydrogen-bond acceptors (Lipinski definition) is 2. The lowest BCUT2D eigenvalue weighted by atomic mass is 9.84. The molecule has 0 amide bonds. The van der Waals surface area contributed by atoms with E-state index >= 15 is 0 Å².